The smallest absolute Gasteiger partial charge is 0.0771 e. The van der Waals surface area contributed by atoms with Crippen LogP contribution < -0.4 is 24.8 Å². The second kappa shape index (κ2) is 16.2. The molecule has 1 aliphatic rings. The molecule has 0 heterocycles. The van der Waals surface area contributed by atoms with Gasteiger partial charge < -0.3 is 24.8 Å². The first-order valence-corrected chi connectivity index (χ1v) is 22.3. The molecule has 0 aliphatic heterocycles. The average Bonchev–Trinajstić information content (AvgIpc) is 3.60. The molecule has 0 saturated heterocycles. The second-order valence-corrected chi connectivity index (χ2v) is 23.7. The molecule has 0 radical (unpaired) electrons. The Hall–Kier alpha value is -2.00. The van der Waals surface area contributed by atoms with Gasteiger partial charge in [0.2, 0.25) is 0 Å². The molecule has 0 amide bonds. The Kier molecular flexibility index (Phi) is 13.9. The zero-order valence-electron chi connectivity index (χ0n) is 25.5. The molecule has 0 aromatic heterocycles. The Morgan fingerprint density at radius 2 is 1.00 bits per heavy atom. The van der Waals surface area contributed by atoms with Crippen LogP contribution in [0.15, 0.2) is 132 Å². The van der Waals surface area contributed by atoms with Crippen LogP contribution in [-0.4, -0.2) is 19.4 Å². The molecular formula is C37H40Cl2Si2Zr-2. The van der Waals surface area contributed by atoms with Crippen molar-refractivity contribution in [2.75, 3.05) is 0 Å². The van der Waals surface area contributed by atoms with Crippen LogP contribution in [0.4, 0.5) is 0 Å². The molecule has 0 spiro atoms. The molecule has 5 heteroatoms. The van der Waals surface area contributed by atoms with Gasteiger partial charge in [0.05, 0.1) is 8.07 Å². The molecule has 0 unspecified atom stereocenters. The van der Waals surface area contributed by atoms with Crippen molar-refractivity contribution in [3.05, 3.63) is 149 Å². The van der Waals surface area contributed by atoms with Crippen molar-refractivity contribution in [1.29, 1.82) is 0 Å². The summed E-state index contributed by atoms with van der Waals surface area (Å²) >= 11 is 1.46. The third kappa shape index (κ3) is 9.50. The molecule has 0 atom stereocenters. The first-order chi connectivity index (χ1) is 19.1. The fraction of sp³-hybridized carbons (Fsp3) is 0.189. The Morgan fingerprint density at radius 1 is 0.595 bits per heavy atom. The summed E-state index contributed by atoms with van der Waals surface area (Å²) in [4.78, 5) is 0. The van der Waals surface area contributed by atoms with E-state index < -0.39 is 16.1 Å². The van der Waals surface area contributed by atoms with Gasteiger partial charge in [-0.05, 0) is 8.07 Å². The van der Waals surface area contributed by atoms with Crippen molar-refractivity contribution < 1.29 is 49.0 Å². The summed E-state index contributed by atoms with van der Waals surface area (Å²) in [6.45, 7) is 14.7. The van der Waals surface area contributed by atoms with Crippen LogP contribution in [0, 0.1) is 6.08 Å². The van der Waals surface area contributed by atoms with Crippen LogP contribution in [0.25, 0.3) is 21.5 Å². The fourth-order valence-corrected chi connectivity index (χ4v) is 11.2. The van der Waals surface area contributed by atoms with Gasteiger partial charge in [-0.2, -0.15) is 5.20 Å². The molecule has 5 aromatic rings. The zero-order chi connectivity index (χ0) is 28.8. The first kappa shape index (κ1) is 36.2. The van der Waals surface area contributed by atoms with E-state index in [1.807, 2.05) is 0 Å². The summed E-state index contributed by atoms with van der Waals surface area (Å²) in [5.41, 5.74) is 2.66. The van der Waals surface area contributed by atoms with E-state index in [0.29, 0.717) is 0 Å². The van der Waals surface area contributed by atoms with E-state index in [1.54, 1.807) is 10.4 Å². The van der Waals surface area contributed by atoms with E-state index >= 15 is 0 Å². The van der Waals surface area contributed by atoms with Gasteiger partial charge in [-0.15, -0.1) is 46.2 Å². The van der Waals surface area contributed by atoms with E-state index in [2.05, 4.69) is 167 Å². The van der Waals surface area contributed by atoms with Gasteiger partial charge in [-0.25, -0.2) is 11.3 Å². The van der Waals surface area contributed by atoms with E-state index in [9.17, 15) is 0 Å². The van der Waals surface area contributed by atoms with E-state index in [1.165, 1.54) is 60.1 Å². The second-order valence-electron chi connectivity index (χ2n) is 12.3. The SMILES string of the molecule is C[Si](C)(C)C1=C([Si](C)(C)C)C[C-]=C1.[Cl-].[Cl-].[Zr+2]=[C](c1ccccc1)c1ccccc1.c1ccc2c(c1)[cH-]c1ccccc12. The molecule has 6 rings (SSSR count). The molecule has 0 nitrogen and oxygen atoms in total. The standard InChI is InChI=1S/C13H9.C13H10.C11H21Si2.2ClH.Zr/c1-3-7-12-10(5-1)9-11-6-2-4-8-13(11)12;1-3-7-12(8-4-1)11-13-9-5-2-6-10-13;1-12(2,3)10-8-7-9-11(10)13(4,5)6;;;/h1-9H;1-10H;8H,9H2,1-6H3;2*1H;/q-1;;-1;;;+2/p-2. The number of hydrogen-bond donors (Lipinski definition) is 0. The van der Waals surface area contributed by atoms with Gasteiger partial charge in [-0.3, -0.25) is 6.08 Å². The van der Waals surface area contributed by atoms with Crippen LogP contribution in [0.2, 0.25) is 39.3 Å². The number of hydrogen-bond acceptors (Lipinski definition) is 0. The Balaban J connectivity index is 0.000000215. The van der Waals surface area contributed by atoms with Crippen LogP contribution in [0.1, 0.15) is 17.5 Å². The average molecular weight is 703 g/mol. The van der Waals surface area contributed by atoms with Gasteiger partial charge in [0.15, 0.2) is 0 Å². The maximum Gasteiger partial charge on any atom is -0.0771 e. The normalized spacial score (nSPS) is 12.5. The van der Waals surface area contributed by atoms with Gasteiger partial charge >= 0.3 is 99.2 Å². The van der Waals surface area contributed by atoms with Crippen molar-refractivity contribution in [3.63, 3.8) is 0 Å². The Labute approximate surface area is 282 Å². The van der Waals surface area contributed by atoms with Crippen molar-refractivity contribution >= 4 is 40.9 Å². The van der Waals surface area contributed by atoms with Crippen LogP contribution in [0.5, 0.6) is 0 Å². The van der Waals surface area contributed by atoms with Crippen molar-refractivity contribution in [2.24, 2.45) is 0 Å². The maximum absolute atomic E-state index is 3.41. The van der Waals surface area contributed by atoms with Gasteiger partial charge in [0.25, 0.3) is 0 Å². The minimum atomic E-state index is -1.10. The molecule has 0 bridgehead atoms. The summed E-state index contributed by atoms with van der Waals surface area (Å²) in [6, 6.07) is 40.4. The predicted molar refractivity (Wildman–Crippen MR) is 179 cm³/mol. The van der Waals surface area contributed by atoms with Gasteiger partial charge in [0, 0.05) is 0 Å². The minimum absolute atomic E-state index is 0. The van der Waals surface area contributed by atoms with Crippen LogP contribution >= 0.6 is 0 Å². The number of halogens is 2. The summed E-state index contributed by atoms with van der Waals surface area (Å²) in [5.74, 6) is 0. The van der Waals surface area contributed by atoms with E-state index in [0.717, 1.165) is 6.42 Å². The molecular weight excluding hydrogens is 663 g/mol. The number of fused-ring (bicyclic) bond motifs is 3. The zero-order valence-corrected chi connectivity index (χ0v) is 31.5. The third-order valence-electron chi connectivity index (χ3n) is 7.21. The predicted octanol–water partition coefficient (Wildman–Crippen LogP) is 4.32. The van der Waals surface area contributed by atoms with Crippen molar-refractivity contribution in [3.8, 4) is 0 Å². The largest absolute Gasteiger partial charge is 0.126 e. The third-order valence-corrected chi connectivity index (χ3v) is 13.2. The van der Waals surface area contributed by atoms with Gasteiger partial charge in [0.1, 0.15) is 0 Å². The number of allylic oxidation sites excluding steroid dienone is 4. The Bertz CT molecular complexity index is 1550. The number of rotatable bonds is 4. The van der Waals surface area contributed by atoms with Crippen LogP contribution in [-0.2, 0) is 24.2 Å². The van der Waals surface area contributed by atoms with Crippen LogP contribution in [0.3, 0.4) is 0 Å². The topological polar surface area (TPSA) is 0 Å². The number of benzene rings is 4. The molecule has 5 aromatic carbocycles. The molecule has 42 heavy (non-hydrogen) atoms. The molecule has 0 fully saturated rings. The summed E-state index contributed by atoms with van der Waals surface area (Å²) in [7, 11) is -2.18. The molecule has 1 aliphatic carbocycles. The quantitative estimate of drug-likeness (QED) is 0.194. The molecule has 216 valence electrons. The van der Waals surface area contributed by atoms with E-state index in [-0.39, 0.29) is 24.8 Å². The summed E-state index contributed by atoms with van der Waals surface area (Å²) < 4.78 is 1.42. The summed E-state index contributed by atoms with van der Waals surface area (Å²) in [5, 5.41) is 8.84. The van der Waals surface area contributed by atoms with Crippen molar-refractivity contribution in [2.45, 2.75) is 45.7 Å². The monoisotopic (exact) mass is 700 g/mol. The minimum Gasteiger partial charge on any atom is -0.126 e. The summed E-state index contributed by atoms with van der Waals surface area (Å²) in [6.07, 6.45) is 6.80. The first-order valence-electron chi connectivity index (χ1n) is 14.1. The maximum atomic E-state index is 3.41. The van der Waals surface area contributed by atoms with E-state index in [4.69, 9.17) is 0 Å². The Morgan fingerprint density at radius 3 is 1.38 bits per heavy atom. The molecule has 0 saturated carbocycles. The molecule has 0 N–H and O–H groups in total. The fourth-order valence-electron chi connectivity index (χ4n) is 5.06. The van der Waals surface area contributed by atoms with Crippen molar-refractivity contribution in [1.82, 2.24) is 0 Å². The van der Waals surface area contributed by atoms with Gasteiger partial charge in [-0.1, -0.05) is 75.7 Å².